The minimum Gasteiger partial charge on any atom is -0.496 e. The molecule has 0 aliphatic carbocycles. The Labute approximate surface area is 170 Å². The van der Waals surface area contributed by atoms with E-state index in [-0.39, 0.29) is 11.4 Å². The van der Waals surface area contributed by atoms with Crippen LogP contribution in [0.2, 0.25) is 5.02 Å². The maximum absolute atomic E-state index is 12.3. The standard InChI is InChI=1S/C22H24ClN3O2/c1-14-12-22(2,3)26(4)19-11-18(23)15(10-17(14)19)13-24-25-21(27)16-8-6-7-9-20(16)28-5/h6-13H,1-5H3,(H,25,27)/b24-13-. The van der Waals surface area contributed by atoms with Crippen molar-refractivity contribution in [3.05, 3.63) is 64.2 Å². The van der Waals surface area contributed by atoms with Crippen LogP contribution in [0.3, 0.4) is 0 Å². The lowest BCUT2D eigenvalue weighted by Crippen LogP contribution is -2.42. The Balaban J connectivity index is 1.84. The van der Waals surface area contributed by atoms with Gasteiger partial charge in [0.15, 0.2) is 0 Å². The number of halogens is 1. The Kier molecular flexibility index (Phi) is 5.47. The fourth-order valence-electron chi connectivity index (χ4n) is 3.34. The number of hydrogen-bond donors (Lipinski definition) is 1. The summed E-state index contributed by atoms with van der Waals surface area (Å²) in [4.78, 5) is 14.5. The quantitative estimate of drug-likeness (QED) is 0.598. The summed E-state index contributed by atoms with van der Waals surface area (Å²) in [6, 6.07) is 10.9. The topological polar surface area (TPSA) is 53.9 Å². The summed E-state index contributed by atoms with van der Waals surface area (Å²) in [5, 5.41) is 4.65. The number of amides is 1. The van der Waals surface area contributed by atoms with Gasteiger partial charge in [-0.3, -0.25) is 4.79 Å². The zero-order valence-electron chi connectivity index (χ0n) is 16.7. The molecule has 1 amide bonds. The van der Waals surface area contributed by atoms with Crippen molar-refractivity contribution in [1.29, 1.82) is 0 Å². The average Bonchev–Trinajstić information content (AvgIpc) is 2.66. The van der Waals surface area contributed by atoms with Crippen LogP contribution in [0.4, 0.5) is 5.69 Å². The fraction of sp³-hybridized carbons (Fsp3) is 0.273. The van der Waals surface area contributed by atoms with Gasteiger partial charge in [0, 0.05) is 23.9 Å². The normalized spacial score (nSPS) is 15.2. The van der Waals surface area contributed by atoms with E-state index in [0.29, 0.717) is 16.3 Å². The average molecular weight is 398 g/mol. The van der Waals surface area contributed by atoms with Gasteiger partial charge in [0.2, 0.25) is 0 Å². The molecule has 1 N–H and O–H groups in total. The highest BCUT2D eigenvalue weighted by molar-refractivity contribution is 6.33. The number of allylic oxidation sites excluding steroid dienone is 1. The monoisotopic (exact) mass is 397 g/mol. The van der Waals surface area contributed by atoms with Crippen LogP contribution in [-0.4, -0.2) is 31.8 Å². The molecule has 2 aromatic rings. The second-order valence-electron chi connectivity index (χ2n) is 7.33. The SMILES string of the molecule is COc1ccccc1C(=O)N/N=C\c1cc2c(cc1Cl)N(C)C(C)(C)C=C2C. The molecular weight excluding hydrogens is 374 g/mol. The molecule has 5 nitrogen and oxygen atoms in total. The molecule has 1 heterocycles. The van der Waals surface area contributed by atoms with Crippen molar-refractivity contribution < 1.29 is 9.53 Å². The number of rotatable bonds is 4. The van der Waals surface area contributed by atoms with Crippen LogP contribution in [0, 0.1) is 0 Å². The minimum absolute atomic E-state index is 0.0846. The van der Waals surface area contributed by atoms with E-state index < -0.39 is 0 Å². The molecule has 2 aromatic carbocycles. The number of anilines is 1. The van der Waals surface area contributed by atoms with E-state index >= 15 is 0 Å². The first-order chi connectivity index (χ1) is 13.2. The molecule has 0 bridgehead atoms. The maximum Gasteiger partial charge on any atom is 0.275 e. The summed E-state index contributed by atoms with van der Waals surface area (Å²) in [6.45, 7) is 6.41. The first kappa shape index (κ1) is 20.0. The van der Waals surface area contributed by atoms with Crippen molar-refractivity contribution >= 4 is 35.0 Å². The third kappa shape index (κ3) is 3.76. The minimum atomic E-state index is -0.347. The summed E-state index contributed by atoms with van der Waals surface area (Å²) in [7, 11) is 3.58. The number of ether oxygens (including phenoxy) is 1. The zero-order valence-corrected chi connectivity index (χ0v) is 17.5. The number of nitrogens with one attached hydrogen (secondary N) is 1. The molecule has 1 aliphatic heterocycles. The van der Waals surface area contributed by atoms with E-state index in [4.69, 9.17) is 16.3 Å². The number of para-hydroxylation sites is 1. The van der Waals surface area contributed by atoms with Crippen LogP contribution >= 0.6 is 11.6 Å². The van der Waals surface area contributed by atoms with Gasteiger partial charge in [0.1, 0.15) is 5.75 Å². The fourth-order valence-corrected chi connectivity index (χ4v) is 3.55. The van der Waals surface area contributed by atoms with Crippen molar-refractivity contribution in [2.75, 3.05) is 19.1 Å². The maximum atomic E-state index is 12.3. The van der Waals surface area contributed by atoms with Gasteiger partial charge in [0.25, 0.3) is 5.91 Å². The lowest BCUT2D eigenvalue weighted by atomic mass is 9.88. The summed E-state index contributed by atoms with van der Waals surface area (Å²) < 4.78 is 5.21. The van der Waals surface area contributed by atoms with Gasteiger partial charge >= 0.3 is 0 Å². The number of likely N-dealkylation sites (N-methyl/N-ethyl adjacent to an activating group) is 1. The van der Waals surface area contributed by atoms with Crippen LogP contribution < -0.4 is 15.1 Å². The third-order valence-electron chi connectivity index (χ3n) is 5.06. The van der Waals surface area contributed by atoms with Crippen molar-refractivity contribution in [2.24, 2.45) is 5.10 Å². The molecular formula is C22H24ClN3O2. The van der Waals surface area contributed by atoms with Crippen LogP contribution in [-0.2, 0) is 0 Å². The first-order valence-electron chi connectivity index (χ1n) is 8.98. The van der Waals surface area contributed by atoms with Gasteiger partial charge in [-0.1, -0.05) is 29.8 Å². The number of carbonyl (C=O) groups is 1. The Bertz CT molecular complexity index is 980. The molecule has 0 unspecified atom stereocenters. The number of benzene rings is 2. The number of nitrogens with zero attached hydrogens (tertiary/aromatic N) is 2. The summed E-state index contributed by atoms with van der Waals surface area (Å²) in [5.41, 5.74) is 6.96. The molecule has 0 radical (unpaired) electrons. The number of fused-ring (bicyclic) bond motifs is 1. The number of hydrogen-bond acceptors (Lipinski definition) is 4. The predicted octanol–water partition coefficient (Wildman–Crippen LogP) is 4.74. The highest BCUT2D eigenvalue weighted by atomic mass is 35.5. The molecule has 0 saturated heterocycles. The molecule has 0 saturated carbocycles. The van der Waals surface area contributed by atoms with Gasteiger partial charge in [-0.2, -0.15) is 5.10 Å². The van der Waals surface area contributed by atoms with Crippen molar-refractivity contribution in [3.8, 4) is 5.75 Å². The van der Waals surface area contributed by atoms with Crippen molar-refractivity contribution in [3.63, 3.8) is 0 Å². The third-order valence-corrected chi connectivity index (χ3v) is 5.38. The van der Waals surface area contributed by atoms with Crippen molar-refractivity contribution in [1.82, 2.24) is 5.43 Å². The predicted molar refractivity (Wildman–Crippen MR) is 116 cm³/mol. The Morgan fingerprint density at radius 2 is 2.00 bits per heavy atom. The molecule has 0 atom stereocenters. The highest BCUT2D eigenvalue weighted by Crippen LogP contribution is 2.40. The van der Waals surface area contributed by atoms with Gasteiger partial charge in [-0.25, -0.2) is 5.43 Å². The molecule has 146 valence electrons. The smallest absolute Gasteiger partial charge is 0.275 e. The molecule has 0 spiro atoms. The Morgan fingerprint density at radius 3 is 2.71 bits per heavy atom. The van der Waals surface area contributed by atoms with E-state index in [9.17, 15) is 4.79 Å². The van der Waals surface area contributed by atoms with Crippen LogP contribution in [0.15, 0.2) is 47.6 Å². The zero-order chi connectivity index (χ0) is 20.5. The summed E-state index contributed by atoms with van der Waals surface area (Å²) >= 11 is 6.48. The molecule has 0 fully saturated rings. The molecule has 6 heteroatoms. The highest BCUT2D eigenvalue weighted by Gasteiger charge is 2.29. The molecule has 28 heavy (non-hydrogen) atoms. The largest absolute Gasteiger partial charge is 0.496 e. The van der Waals surface area contributed by atoms with E-state index in [1.807, 2.05) is 12.1 Å². The lowest BCUT2D eigenvalue weighted by Gasteiger charge is -2.40. The molecule has 3 rings (SSSR count). The summed E-state index contributed by atoms with van der Waals surface area (Å²) in [6.07, 6.45) is 3.79. The second-order valence-corrected chi connectivity index (χ2v) is 7.74. The van der Waals surface area contributed by atoms with Crippen molar-refractivity contribution in [2.45, 2.75) is 26.3 Å². The molecule has 1 aliphatic rings. The van der Waals surface area contributed by atoms with Gasteiger partial charge in [-0.15, -0.1) is 0 Å². The van der Waals surface area contributed by atoms with E-state index in [2.05, 4.69) is 49.3 Å². The van der Waals surface area contributed by atoms with Gasteiger partial charge in [0.05, 0.1) is 29.4 Å². The van der Waals surface area contributed by atoms with Crippen LogP contribution in [0.5, 0.6) is 5.75 Å². The van der Waals surface area contributed by atoms with Gasteiger partial charge in [-0.05, 0) is 50.6 Å². The summed E-state index contributed by atoms with van der Waals surface area (Å²) in [5.74, 6) is 0.147. The lowest BCUT2D eigenvalue weighted by molar-refractivity contribution is 0.0952. The van der Waals surface area contributed by atoms with Crippen LogP contribution in [0.1, 0.15) is 42.3 Å². The van der Waals surface area contributed by atoms with E-state index in [1.54, 1.807) is 30.5 Å². The molecule has 0 aromatic heterocycles. The number of methoxy groups -OCH3 is 1. The Hall–Kier alpha value is -2.79. The second kappa shape index (κ2) is 7.68. The first-order valence-corrected chi connectivity index (χ1v) is 9.36. The van der Waals surface area contributed by atoms with E-state index in [0.717, 1.165) is 16.8 Å². The number of carbonyl (C=O) groups excluding carboxylic acids is 1. The van der Waals surface area contributed by atoms with Gasteiger partial charge < -0.3 is 9.64 Å². The van der Waals surface area contributed by atoms with Crippen LogP contribution in [0.25, 0.3) is 5.57 Å². The van der Waals surface area contributed by atoms with E-state index in [1.165, 1.54) is 12.7 Å². The Morgan fingerprint density at radius 1 is 1.29 bits per heavy atom. The number of hydrazone groups is 1.